The van der Waals surface area contributed by atoms with Gasteiger partial charge in [-0.05, 0) is 136 Å². The lowest BCUT2D eigenvalue weighted by atomic mass is 9.38. The zero-order chi connectivity index (χ0) is 39.9. The molecule has 1 aromatic rings. The first-order valence-electron chi connectivity index (χ1n) is 21.1. The Balaban J connectivity index is 1.34. The molecular formula is C46H71NO7. The number of hydrogen-bond donors (Lipinski definition) is 4. The summed E-state index contributed by atoms with van der Waals surface area (Å²) in [5, 5.41) is 34.9. The highest BCUT2D eigenvalue weighted by molar-refractivity contribution is 6.00. The number of rotatable bonds is 16. The van der Waals surface area contributed by atoms with Gasteiger partial charge in [0.25, 0.3) is 0 Å². The monoisotopic (exact) mass is 750 g/mol. The summed E-state index contributed by atoms with van der Waals surface area (Å²) in [7, 11) is 0. The Labute approximate surface area is 325 Å². The van der Waals surface area contributed by atoms with E-state index in [0.717, 1.165) is 81.8 Å². The van der Waals surface area contributed by atoms with E-state index in [9.17, 15) is 29.7 Å². The number of aliphatic carboxylic acids is 1. The second kappa shape index (κ2) is 16.0. The first kappa shape index (κ1) is 42.4. The Morgan fingerprint density at radius 2 is 1.69 bits per heavy atom. The minimum absolute atomic E-state index is 0.00284. The largest absolute Gasteiger partial charge is 0.508 e. The maximum atomic E-state index is 14.0. The molecule has 1 aromatic carbocycles. The van der Waals surface area contributed by atoms with Crippen molar-refractivity contribution < 1.29 is 34.4 Å². The van der Waals surface area contributed by atoms with Crippen molar-refractivity contribution >= 4 is 17.7 Å². The lowest BCUT2D eigenvalue weighted by Gasteiger charge is -2.67. The predicted octanol–water partition coefficient (Wildman–Crippen LogP) is 9.06. The lowest BCUT2D eigenvalue weighted by molar-refractivity contribution is -0.174. The Hall–Kier alpha value is -2.71. The van der Waals surface area contributed by atoms with E-state index in [1.165, 1.54) is 5.57 Å². The Kier molecular flexibility index (Phi) is 12.6. The number of phenols is 1. The Morgan fingerprint density at radius 1 is 1.00 bits per heavy atom. The van der Waals surface area contributed by atoms with E-state index < -0.39 is 28.9 Å². The van der Waals surface area contributed by atoms with Gasteiger partial charge in [-0.15, -0.1) is 0 Å². The molecule has 8 nitrogen and oxygen atoms in total. The molecule has 4 aliphatic carbocycles. The number of ketones is 1. The number of allylic oxidation sites excluding steroid dienone is 1. The number of fused-ring (bicyclic) bond motifs is 5. The molecule has 0 radical (unpaired) electrons. The van der Waals surface area contributed by atoms with E-state index in [0.29, 0.717) is 31.3 Å². The second-order valence-corrected chi connectivity index (χ2v) is 19.8. The second-order valence-electron chi connectivity index (χ2n) is 19.8. The number of unbranched alkanes of at least 4 members (excludes halogenated alkanes) is 1. The van der Waals surface area contributed by atoms with Crippen molar-refractivity contribution in [1.82, 2.24) is 5.32 Å². The summed E-state index contributed by atoms with van der Waals surface area (Å²) < 4.78 is 6.23. The zero-order valence-electron chi connectivity index (χ0n) is 34.9. The number of aliphatic hydroxyl groups is 1. The van der Waals surface area contributed by atoms with Crippen molar-refractivity contribution in [2.75, 3.05) is 13.1 Å². The standard InChI is InChI=1S/C46H71NO7/c1-10-11-12-37(54-38(51)27-42(4,5)41(52)53)43(6,7)31-19-21-44(8)32(25-31)15-18-34-40-39(29(2)3)35(49)26-46(40,23-22-45(34,44)9)36(50)28-47-24-20-30-13-16-33(48)17-14-30/h13-14,16-17,29,31-32,34,36-37,47-48,50H,10-12,15,18-28H2,1-9H3,(H,52,53)/t31-,32-,34-,36-,37+,44-,45-,46+/m1/s1. The third-order valence-corrected chi connectivity index (χ3v) is 15.6. The molecule has 0 saturated heterocycles. The van der Waals surface area contributed by atoms with E-state index in [1.54, 1.807) is 26.0 Å². The van der Waals surface area contributed by atoms with Crippen LogP contribution in [0.15, 0.2) is 35.4 Å². The number of carboxylic acids is 1. The van der Waals surface area contributed by atoms with Gasteiger partial charge in [-0.1, -0.05) is 79.0 Å². The molecule has 0 heterocycles. The molecular weight excluding hydrogens is 679 g/mol. The van der Waals surface area contributed by atoms with Gasteiger partial charge < -0.3 is 25.4 Å². The SMILES string of the molecule is CCCC[C@H](OC(=O)CC(C)(C)C(=O)O)C(C)(C)[C@@H]1CC[C@]2(C)[C@H](CC[C@@H]3C4=C(C(C)C)C(=O)C[C@]4([C@H](O)CNCCc4ccc(O)cc4)CC[C@]32C)C1. The van der Waals surface area contributed by atoms with Gasteiger partial charge in [-0.2, -0.15) is 0 Å². The minimum atomic E-state index is -1.18. The number of carbonyl (C=O) groups excluding carboxylic acids is 2. The van der Waals surface area contributed by atoms with Gasteiger partial charge in [0.15, 0.2) is 5.78 Å². The number of phenolic OH excluding ortho intramolecular Hbond substituents is 1. The van der Waals surface area contributed by atoms with Crippen LogP contribution in [-0.2, 0) is 25.5 Å². The van der Waals surface area contributed by atoms with Gasteiger partial charge in [0.1, 0.15) is 11.9 Å². The van der Waals surface area contributed by atoms with E-state index in [1.807, 2.05) is 12.1 Å². The fourth-order valence-corrected chi connectivity index (χ4v) is 11.7. The number of carboxylic acid groups (broad SMARTS) is 1. The average molecular weight is 750 g/mol. The van der Waals surface area contributed by atoms with Crippen LogP contribution in [0.2, 0.25) is 0 Å². The van der Waals surface area contributed by atoms with Crippen LogP contribution < -0.4 is 5.32 Å². The van der Waals surface area contributed by atoms with Crippen LogP contribution in [0.25, 0.3) is 0 Å². The van der Waals surface area contributed by atoms with Gasteiger partial charge in [0, 0.05) is 23.8 Å². The lowest BCUT2D eigenvalue weighted by Crippen LogP contribution is -2.60. The molecule has 0 amide bonds. The van der Waals surface area contributed by atoms with Crippen molar-refractivity contribution in [3.8, 4) is 5.75 Å². The van der Waals surface area contributed by atoms with Gasteiger partial charge in [0.2, 0.25) is 0 Å². The maximum absolute atomic E-state index is 14.0. The summed E-state index contributed by atoms with van der Waals surface area (Å²) in [5.41, 5.74) is 1.50. The van der Waals surface area contributed by atoms with Gasteiger partial charge in [-0.25, -0.2) is 0 Å². The smallest absolute Gasteiger partial charge is 0.309 e. The van der Waals surface area contributed by atoms with Crippen molar-refractivity contribution in [3.05, 3.63) is 41.0 Å². The molecule has 0 unspecified atom stereocenters. The molecule has 54 heavy (non-hydrogen) atoms. The van der Waals surface area contributed by atoms with Crippen LogP contribution in [-0.4, -0.2) is 58.3 Å². The first-order valence-corrected chi connectivity index (χ1v) is 21.1. The highest BCUT2D eigenvalue weighted by Gasteiger charge is 2.66. The quantitative estimate of drug-likeness (QED) is 0.0972. The Morgan fingerprint density at radius 3 is 2.31 bits per heavy atom. The molecule has 4 aliphatic rings. The van der Waals surface area contributed by atoms with Crippen molar-refractivity contribution in [2.45, 2.75) is 158 Å². The number of hydrogen-bond acceptors (Lipinski definition) is 7. The van der Waals surface area contributed by atoms with Gasteiger partial charge in [-0.3, -0.25) is 14.4 Å². The molecule has 8 atom stereocenters. The summed E-state index contributed by atoms with van der Waals surface area (Å²) in [6.45, 7) is 20.3. The zero-order valence-corrected chi connectivity index (χ0v) is 34.9. The van der Waals surface area contributed by atoms with Crippen LogP contribution in [0.3, 0.4) is 0 Å². The summed E-state index contributed by atoms with van der Waals surface area (Å²) in [4.78, 5) is 39.0. The average Bonchev–Trinajstić information content (AvgIpc) is 3.42. The van der Waals surface area contributed by atoms with Crippen LogP contribution in [0.1, 0.15) is 145 Å². The predicted molar refractivity (Wildman–Crippen MR) is 213 cm³/mol. The van der Waals surface area contributed by atoms with Gasteiger partial charge in [0.05, 0.1) is 17.9 Å². The summed E-state index contributed by atoms with van der Waals surface area (Å²) >= 11 is 0. The number of nitrogens with one attached hydrogen (secondary N) is 1. The van der Waals surface area contributed by atoms with E-state index in [4.69, 9.17) is 4.74 Å². The molecule has 0 aromatic heterocycles. The summed E-state index contributed by atoms with van der Waals surface area (Å²) in [5.74, 6) is 0.297. The number of aliphatic hydroxyl groups excluding tert-OH is 1. The normalized spacial score (nSPS) is 31.1. The number of benzene rings is 1. The van der Waals surface area contributed by atoms with Crippen LogP contribution in [0.5, 0.6) is 5.75 Å². The molecule has 0 spiro atoms. The highest BCUT2D eigenvalue weighted by Crippen LogP contribution is 2.73. The maximum Gasteiger partial charge on any atom is 0.309 e. The third kappa shape index (κ3) is 7.81. The molecule has 8 heteroatoms. The number of ether oxygens (including phenoxy) is 1. The van der Waals surface area contributed by atoms with Crippen molar-refractivity contribution in [3.63, 3.8) is 0 Å². The molecule has 0 aliphatic heterocycles. The van der Waals surface area contributed by atoms with Gasteiger partial charge >= 0.3 is 11.9 Å². The third-order valence-electron chi connectivity index (χ3n) is 15.6. The number of Topliss-reactive ketones (excluding diaryl/α,β-unsaturated/α-hetero) is 1. The van der Waals surface area contributed by atoms with Crippen molar-refractivity contribution in [1.29, 1.82) is 0 Å². The van der Waals surface area contributed by atoms with E-state index >= 15 is 0 Å². The topological polar surface area (TPSA) is 133 Å². The number of carbonyl (C=O) groups is 3. The van der Waals surface area contributed by atoms with Crippen LogP contribution in [0.4, 0.5) is 0 Å². The van der Waals surface area contributed by atoms with Crippen LogP contribution >= 0.6 is 0 Å². The number of esters is 1. The van der Waals surface area contributed by atoms with Crippen LogP contribution in [0, 0.1) is 50.7 Å². The molecule has 5 rings (SSSR count). The fraction of sp³-hybridized carbons (Fsp3) is 0.761. The molecule has 3 fully saturated rings. The summed E-state index contributed by atoms with van der Waals surface area (Å²) in [6, 6.07) is 7.26. The molecule has 0 bridgehead atoms. The molecule has 3 saturated carbocycles. The van der Waals surface area contributed by atoms with E-state index in [2.05, 4.69) is 53.8 Å². The fourth-order valence-electron chi connectivity index (χ4n) is 11.7. The molecule has 302 valence electrons. The minimum Gasteiger partial charge on any atom is -0.508 e. The first-order chi connectivity index (χ1) is 25.2. The summed E-state index contributed by atoms with van der Waals surface area (Å²) in [6.07, 6.45) is 9.94. The highest BCUT2D eigenvalue weighted by atomic mass is 16.5. The Bertz CT molecular complexity index is 1560. The van der Waals surface area contributed by atoms with Crippen molar-refractivity contribution in [2.24, 2.45) is 50.7 Å². The van der Waals surface area contributed by atoms with E-state index in [-0.39, 0.29) is 52.1 Å². The molecule has 4 N–H and O–H groups in total. The number of aromatic hydroxyl groups is 1.